The van der Waals surface area contributed by atoms with Gasteiger partial charge in [0.1, 0.15) is 0 Å². The Morgan fingerprint density at radius 1 is 1.08 bits per heavy atom. The van der Waals surface area contributed by atoms with E-state index < -0.39 is 21.9 Å². The molecule has 0 aromatic heterocycles. The molecule has 1 unspecified atom stereocenters. The maximum Gasteiger partial charge on any atom is 0.339 e. The fraction of sp³-hybridized carbons (Fsp3) is 0.222. The Morgan fingerprint density at radius 3 is 2.24 bits per heavy atom. The van der Waals surface area contributed by atoms with E-state index in [0.29, 0.717) is 11.1 Å². The number of sulfone groups is 1. The monoisotopic (exact) mass is 424 g/mol. The maximum absolute atomic E-state index is 12.4. The molecule has 2 aromatic rings. The molecule has 5 nitrogen and oxygen atoms in total. The number of rotatable bonds is 5. The fourth-order valence-corrected chi connectivity index (χ4v) is 3.09. The van der Waals surface area contributed by atoms with E-state index >= 15 is 0 Å². The molecule has 0 amide bonds. The van der Waals surface area contributed by atoms with Crippen molar-refractivity contribution >= 4 is 37.5 Å². The number of ether oxygens (including phenoxy) is 1. The van der Waals surface area contributed by atoms with Gasteiger partial charge in [0.15, 0.2) is 15.9 Å². The molecular weight excluding hydrogens is 408 g/mol. The second-order valence-corrected chi connectivity index (χ2v) is 8.60. The third-order valence-corrected chi connectivity index (χ3v) is 5.28. The Labute approximate surface area is 155 Å². The summed E-state index contributed by atoms with van der Waals surface area (Å²) in [7, 11) is -3.45. The van der Waals surface area contributed by atoms with Crippen LogP contribution >= 0.6 is 15.9 Å². The van der Waals surface area contributed by atoms with Gasteiger partial charge in [-0.25, -0.2) is 13.2 Å². The molecule has 2 aromatic carbocycles. The number of esters is 1. The Morgan fingerprint density at radius 2 is 1.68 bits per heavy atom. The van der Waals surface area contributed by atoms with Crippen LogP contribution in [0.5, 0.6) is 0 Å². The predicted octanol–water partition coefficient (Wildman–Crippen LogP) is 3.59. The van der Waals surface area contributed by atoms with Gasteiger partial charge in [0.05, 0.1) is 10.5 Å². The number of halogens is 1. The van der Waals surface area contributed by atoms with E-state index in [4.69, 9.17) is 4.74 Å². The highest BCUT2D eigenvalue weighted by atomic mass is 79.9. The number of carbonyl (C=O) groups is 2. The number of aryl methyl sites for hydroxylation is 1. The van der Waals surface area contributed by atoms with E-state index in [-0.39, 0.29) is 16.2 Å². The normalized spacial score (nSPS) is 12.5. The summed E-state index contributed by atoms with van der Waals surface area (Å²) in [5.74, 6) is -1.07. The van der Waals surface area contributed by atoms with Crippen LogP contribution in [0.25, 0.3) is 0 Å². The molecule has 1 atom stereocenters. The number of ketones is 1. The fourth-order valence-electron chi connectivity index (χ4n) is 2.18. The molecule has 132 valence electrons. The number of hydrogen-bond donors (Lipinski definition) is 0. The number of carbonyl (C=O) groups excluding carboxylic acids is 2. The molecule has 0 N–H and O–H groups in total. The molecule has 0 spiro atoms. The zero-order valence-corrected chi connectivity index (χ0v) is 16.3. The minimum atomic E-state index is -3.45. The van der Waals surface area contributed by atoms with E-state index in [1.54, 1.807) is 31.2 Å². The summed E-state index contributed by atoms with van der Waals surface area (Å²) in [6.45, 7) is 3.15. The van der Waals surface area contributed by atoms with Gasteiger partial charge in [0, 0.05) is 16.3 Å². The summed E-state index contributed by atoms with van der Waals surface area (Å²) in [5.41, 5.74) is 1.11. The lowest BCUT2D eigenvalue weighted by atomic mass is 10.1. The molecule has 25 heavy (non-hydrogen) atoms. The van der Waals surface area contributed by atoms with Gasteiger partial charge in [-0.2, -0.15) is 0 Å². The van der Waals surface area contributed by atoms with Crippen LogP contribution in [0.1, 0.15) is 33.2 Å². The molecule has 0 heterocycles. The van der Waals surface area contributed by atoms with Crippen molar-refractivity contribution in [2.75, 3.05) is 6.26 Å². The molecule has 0 bridgehead atoms. The SMILES string of the molecule is Cc1ccc(S(C)(=O)=O)cc1C(=O)OC(C)C(=O)c1ccc(Br)cc1. The first kappa shape index (κ1) is 19.3. The van der Waals surface area contributed by atoms with Gasteiger partial charge in [-0.15, -0.1) is 0 Å². The van der Waals surface area contributed by atoms with E-state index in [9.17, 15) is 18.0 Å². The van der Waals surface area contributed by atoms with Crippen LogP contribution in [0.3, 0.4) is 0 Å². The molecular formula is C18H17BrO5S. The second-order valence-electron chi connectivity index (χ2n) is 5.67. The van der Waals surface area contributed by atoms with Crippen molar-refractivity contribution in [2.24, 2.45) is 0 Å². The van der Waals surface area contributed by atoms with Crippen molar-refractivity contribution in [1.82, 2.24) is 0 Å². The third-order valence-electron chi connectivity index (χ3n) is 3.64. The van der Waals surface area contributed by atoms with Gasteiger partial charge in [-0.1, -0.05) is 34.1 Å². The predicted molar refractivity (Wildman–Crippen MR) is 97.6 cm³/mol. The summed E-state index contributed by atoms with van der Waals surface area (Å²) in [5, 5.41) is 0. The Balaban J connectivity index is 2.21. The van der Waals surface area contributed by atoms with Crippen molar-refractivity contribution < 1.29 is 22.7 Å². The molecule has 0 radical (unpaired) electrons. The number of hydrogen-bond acceptors (Lipinski definition) is 5. The lowest BCUT2D eigenvalue weighted by Gasteiger charge is -2.14. The van der Waals surface area contributed by atoms with E-state index in [0.717, 1.165) is 10.7 Å². The quantitative estimate of drug-likeness (QED) is 0.541. The van der Waals surface area contributed by atoms with E-state index in [2.05, 4.69) is 15.9 Å². The summed E-state index contributed by atoms with van der Waals surface area (Å²) in [6.07, 6.45) is 0.0712. The van der Waals surface area contributed by atoms with Crippen molar-refractivity contribution in [3.05, 3.63) is 63.6 Å². The Hall–Kier alpha value is -1.99. The Bertz CT molecular complexity index is 917. The van der Waals surface area contributed by atoms with Crippen LogP contribution in [0.4, 0.5) is 0 Å². The van der Waals surface area contributed by atoms with Crippen molar-refractivity contribution in [3.8, 4) is 0 Å². The van der Waals surface area contributed by atoms with Gasteiger partial charge in [0.25, 0.3) is 0 Å². The van der Waals surface area contributed by atoms with Crippen molar-refractivity contribution in [3.63, 3.8) is 0 Å². The first-order valence-corrected chi connectivity index (χ1v) is 10.1. The number of benzene rings is 2. The lowest BCUT2D eigenvalue weighted by Crippen LogP contribution is -2.25. The standard InChI is InChI=1S/C18H17BrO5S/c1-11-4-9-15(25(3,22)23)10-16(11)18(21)24-12(2)17(20)13-5-7-14(19)8-6-13/h4-10,12H,1-3H3. The maximum atomic E-state index is 12.4. The van der Waals surface area contributed by atoms with Gasteiger partial charge < -0.3 is 4.74 Å². The van der Waals surface area contributed by atoms with Crippen LogP contribution in [0, 0.1) is 6.92 Å². The van der Waals surface area contributed by atoms with E-state index in [1.807, 2.05) is 0 Å². The molecule has 0 aliphatic heterocycles. The average molecular weight is 425 g/mol. The van der Waals surface area contributed by atoms with Gasteiger partial charge in [-0.3, -0.25) is 4.79 Å². The van der Waals surface area contributed by atoms with E-state index in [1.165, 1.54) is 25.1 Å². The van der Waals surface area contributed by atoms with Gasteiger partial charge >= 0.3 is 5.97 Å². The molecule has 7 heteroatoms. The molecule has 0 fully saturated rings. The minimum absolute atomic E-state index is 0.0249. The highest BCUT2D eigenvalue weighted by molar-refractivity contribution is 9.10. The molecule has 0 saturated carbocycles. The van der Waals surface area contributed by atoms with Crippen LogP contribution in [0.2, 0.25) is 0 Å². The van der Waals surface area contributed by atoms with Crippen LogP contribution in [-0.2, 0) is 14.6 Å². The zero-order chi connectivity index (χ0) is 18.8. The molecule has 0 saturated heterocycles. The largest absolute Gasteiger partial charge is 0.451 e. The van der Waals surface area contributed by atoms with Crippen LogP contribution < -0.4 is 0 Å². The summed E-state index contributed by atoms with van der Waals surface area (Å²) in [4.78, 5) is 24.7. The summed E-state index contributed by atoms with van der Waals surface area (Å²) in [6, 6.07) is 10.9. The third kappa shape index (κ3) is 4.76. The zero-order valence-electron chi connectivity index (χ0n) is 13.9. The summed E-state index contributed by atoms with van der Waals surface area (Å²) >= 11 is 3.29. The lowest BCUT2D eigenvalue weighted by molar-refractivity contribution is 0.0318. The summed E-state index contributed by atoms with van der Waals surface area (Å²) < 4.78 is 29.4. The van der Waals surface area contributed by atoms with Crippen LogP contribution in [-0.4, -0.2) is 32.5 Å². The minimum Gasteiger partial charge on any atom is -0.451 e. The Kier molecular flexibility index (Phi) is 5.80. The first-order chi connectivity index (χ1) is 11.6. The van der Waals surface area contributed by atoms with Crippen LogP contribution in [0.15, 0.2) is 51.8 Å². The van der Waals surface area contributed by atoms with Crippen molar-refractivity contribution in [1.29, 1.82) is 0 Å². The highest BCUT2D eigenvalue weighted by Crippen LogP contribution is 2.18. The smallest absolute Gasteiger partial charge is 0.339 e. The molecule has 2 rings (SSSR count). The van der Waals surface area contributed by atoms with Gasteiger partial charge in [-0.05, 0) is 43.7 Å². The van der Waals surface area contributed by atoms with Crippen molar-refractivity contribution in [2.45, 2.75) is 24.8 Å². The highest BCUT2D eigenvalue weighted by Gasteiger charge is 2.22. The molecule has 0 aliphatic rings. The van der Waals surface area contributed by atoms with Gasteiger partial charge in [0.2, 0.25) is 5.78 Å². The first-order valence-electron chi connectivity index (χ1n) is 7.41. The number of Topliss-reactive ketones (excluding diaryl/α,β-unsaturated/α-hetero) is 1. The second kappa shape index (κ2) is 7.49. The topological polar surface area (TPSA) is 77.5 Å². The average Bonchev–Trinajstić information content (AvgIpc) is 2.54. The molecule has 0 aliphatic carbocycles.